The Bertz CT molecular complexity index is 1150. The Morgan fingerprint density at radius 1 is 1.28 bits per heavy atom. The lowest BCUT2D eigenvalue weighted by molar-refractivity contribution is -0.121. The monoisotopic (exact) mass is 555 g/mol. The van der Waals surface area contributed by atoms with Crippen molar-refractivity contribution >= 4 is 44.9 Å². The first-order valence-electron chi connectivity index (χ1n) is 12.1. The van der Waals surface area contributed by atoms with Crippen LogP contribution in [0, 0.1) is 5.92 Å². The molecule has 0 aliphatic heterocycles. The number of aromatic nitrogens is 1. The topological polar surface area (TPSA) is 107 Å². The highest BCUT2D eigenvalue weighted by Crippen LogP contribution is 2.35. The van der Waals surface area contributed by atoms with Crippen LogP contribution in [0.3, 0.4) is 0 Å². The zero-order valence-corrected chi connectivity index (χ0v) is 23.2. The zero-order valence-electron chi connectivity index (χ0n) is 20.8. The highest BCUT2D eigenvalue weighted by atomic mass is 35.5. The van der Waals surface area contributed by atoms with E-state index in [1.807, 2.05) is 25.1 Å². The van der Waals surface area contributed by atoms with E-state index in [4.69, 9.17) is 21.1 Å². The van der Waals surface area contributed by atoms with Gasteiger partial charge in [0, 0.05) is 31.3 Å². The fourth-order valence-corrected chi connectivity index (χ4v) is 4.71. The average Bonchev–Trinajstić information content (AvgIpc) is 3.54. The first-order valence-corrected chi connectivity index (χ1v) is 14.9. The van der Waals surface area contributed by atoms with Gasteiger partial charge in [-0.1, -0.05) is 29.0 Å². The van der Waals surface area contributed by atoms with Gasteiger partial charge in [0.1, 0.15) is 11.5 Å². The molecule has 36 heavy (non-hydrogen) atoms. The normalized spacial score (nSPS) is 14.8. The molecule has 1 aromatic heterocycles. The van der Waals surface area contributed by atoms with Crippen LogP contribution in [-0.4, -0.2) is 43.8 Å². The van der Waals surface area contributed by atoms with Gasteiger partial charge in [0.05, 0.1) is 21.8 Å². The van der Waals surface area contributed by atoms with Crippen LogP contribution in [0.15, 0.2) is 30.5 Å². The quantitative estimate of drug-likeness (QED) is 0.285. The van der Waals surface area contributed by atoms with Crippen LogP contribution < -0.4 is 19.5 Å². The molecule has 0 bridgehead atoms. The van der Waals surface area contributed by atoms with Gasteiger partial charge < -0.3 is 14.8 Å². The number of nitrogens with one attached hydrogen (secondary N) is 2. The molecule has 8 nitrogen and oxygen atoms in total. The maximum Gasteiger partial charge on any atom is 0.279 e. The Hall–Kier alpha value is -2.14. The van der Waals surface area contributed by atoms with Gasteiger partial charge >= 0.3 is 0 Å². The maximum atomic E-state index is 12.1. The molecule has 0 spiro atoms. The highest BCUT2D eigenvalue weighted by Gasteiger charge is 2.22. The predicted octanol–water partition coefficient (Wildman–Crippen LogP) is 5.39. The molecule has 1 saturated carbocycles. The Morgan fingerprint density at radius 3 is 2.75 bits per heavy atom. The summed E-state index contributed by atoms with van der Waals surface area (Å²) in [7, 11) is -3.26. The van der Waals surface area contributed by atoms with Crippen LogP contribution in [0.5, 0.6) is 16.7 Å². The minimum absolute atomic E-state index is 0.0774. The Morgan fingerprint density at radius 2 is 2.06 bits per heavy atom. The second-order valence-electron chi connectivity index (χ2n) is 9.14. The summed E-state index contributed by atoms with van der Waals surface area (Å²) in [4.78, 5) is 17.3. The fraction of sp³-hybridized carbons (Fsp3) is 0.520. The maximum absolute atomic E-state index is 12.1. The number of ether oxygens (including phenoxy) is 2. The largest absolute Gasteiger partial charge is 0.493 e. The van der Waals surface area contributed by atoms with E-state index in [0.717, 1.165) is 17.2 Å². The third-order valence-electron chi connectivity index (χ3n) is 5.48. The van der Waals surface area contributed by atoms with E-state index in [-0.39, 0.29) is 11.9 Å². The van der Waals surface area contributed by atoms with E-state index in [0.29, 0.717) is 47.7 Å². The smallest absolute Gasteiger partial charge is 0.279 e. The third kappa shape index (κ3) is 9.72. The van der Waals surface area contributed by atoms with Gasteiger partial charge in [0.2, 0.25) is 15.9 Å². The number of unbranched alkanes of at least 4 members (excludes halogenated alkanes) is 1. The molecule has 1 heterocycles. The summed E-state index contributed by atoms with van der Waals surface area (Å²) in [5, 5.41) is 3.38. The first-order chi connectivity index (χ1) is 17.1. The number of sulfonamides is 1. The van der Waals surface area contributed by atoms with E-state index in [1.54, 1.807) is 32.2 Å². The third-order valence-corrected chi connectivity index (χ3v) is 8.46. The number of halogens is 1. The lowest BCUT2D eigenvalue weighted by atomic mass is 10.2. The number of carbonyl (C=O) groups is 1. The zero-order chi connectivity index (χ0) is 26.1. The number of nitrogens with zero attached hydrogens (tertiary/aromatic N) is 1. The molecule has 1 aromatic carbocycles. The minimum Gasteiger partial charge on any atom is -0.493 e. The van der Waals surface area contributed by atoms with Crippen molar-refractivity contribution in [1.82, 2.24) is 15.0 Å². The van der Waals surface area contributed by atoms with Crippen molar-refractivity contribution in [3.05, 3.63) is 40.4 Å². The van der Waals surface area contributed by atoms with E-state index in [1.165, 1.54) is 24.2 Å². The van der Waals surface area contributed by atoms with Gasteiger partial charge in [-0.2, -0.15) is 0 Å². The van der Waals surface area contributed by atoms with Crippen molar-refractivity contribution in [3.63, 3.8) is 0 Å². The van der Waals surface area contributed by atoms with Crippen LogP contribution in [0.2, 0.25) is 5.02 Å². The van der Waals surface area contributed by atoms with Gasteiger partial charge in [-0.25, -0.2) is 18.1 Å². The summed E-state index contributed by atoms with van der Waals surface area (Å²) >= 11 is 7.71. The predicted molar refractivity (Wildman–Crippen MR) is 144 cm³/mol. The van der Waals surface area contributed by atoms with Crippen molar-refractivity contribution in [2.45, 2.75) is 64.2 Å². The molecule has 2 aromatic rings. The van der Waals surface area contributed by atoms with Gasteiger partial charge in [0.15, 0.2) is 0 Å². The van der Waals surface area contributed by atoms with E-state index < -0.39 is 15.3 Å². The number of benzene rings is 1. The summed E-state index contributed by atoms with van der Waals surface area (Å²) in [6, 6.07) is 5.20. The number of rotatable bonds is 15. The molecular weight excluding hydrogens is 522 g/mol. The van der Waals surface area contributed by atoms with Crippen molar-refractivity contribution in [2.24, 2.45) is 5.92 Å². The number of carbonyl (C=O) groups excluding carboxylic acids is 1. The highest BCUT2D eigenvalue weighted by molar-refractivity contribution is 7.90. The van der Waals surface area contributed by atoms with Gasteiger partial charge in [-0.15, -0.1) is 0 Å². The molecule has 0 unspecified atom stereocenters. The molecule has 2 N–H and O–H groups in total. The molecule has 0 saturated heterocycles. The summed E-state index contributed by atoms with van der Waals surface area (Å²) in [6.45, 7) is 6.20. The van der Waals surface area contributed by atoms with Crippen molar-refractivity contribution in [1.29, 1.82) is 0 Å². The van der Waals surface area contributed by atoms with Crippen molar-refractivity contribution < 1.29 is 22.7 Å². The number of hydrogen-bond donors (Lipinski definition) is 2. The second kappa shape index (κ2) is 13.4. The molecule has 1 aliphatic rings. The number of thiazole rings is 1. The number of amides is 1. The van der Waals surface area contributed by atoms with Crippen LogP contribution >= 0.6 is 22.9 Å². The average molecular weight is 556 g/mol. The molecule has 1 amide bonds. The fourth-order valence-electron chi connectivity index (χ4n) is 3.05. The molecule has 1 fully saturated rings. The lowest BCUT2D eigenvalue weighted by Crippen LogP contribution is -2.32. The summed E-state index contributed by atoms with van der Waals surface area (Å²) in [5.41, 5.74) is 0. The van der Waals surface area contributed by atoms with Gasteiger partial charge in [-0.3, -0.25) is 4.79 Å². The standard InChI is InChI=1S/C25H34ClN3O5S2/c1-17(2)36(31,32)28-13-5-4-6-24(30)29-18(3)7-11-21-15-27-25(35-21)34-23-12-10-20(14-22(23)26)33-16-19-8-9-19/h7,10-12,14-15,17-19,28H,4-6,8-9,13,16H2,1-3H3,(H,29,30)/b11-7+/t18-/m0/s1. The van der Waals surface area contributed by atoms with Crippen LogP contribution in [-0.2, 0) is 14.8 Å². The number of hydrogen-bond acceptors (Lipinski definition) is 7. The van der Waals surface area contributed by atoms with Crippen LogP contribution in [0.25, 0.3) is 6.08 Å². The van der Waals surface area contributed by atoms with E-state index >= 15 is 0 Å². The Labute approximate surface area is 222 Å². The van der Waals surface area contributed by atoms with Crippen molar-refractivity contribution in [3.8, 4) is 16.7 Å². The van der Waals surface area contributed by atoms with E-state index in [9.17, 15) is 13.2 Å². The summed E-state index contributed by atoms with van der Waals surface area (Å²) in [5.74, 6) is 1.83. The van der Waals surface area contributed by atoms with Gasteiger partial charge in [-0.05, 0) is 70.6 Å². The summed E-state index contributed by atoms with van der Waals surface area (Å²) in [6.07, 6.45) is 9.47. The SMILES string of the molecule is CC(C)S(=O)(=O)NCCCCC(=O)N[C@@H](C)/C=C/c1cnc(Oc2ccc(OCC3CC3)cc2Cl)s1. The molecule has 3 rings (SSSR count). The first kappa shape index (κ1) is 28.4. The molecule has 0 radical (unpaired) electrons. The minimum atomic E-state index is -3.26. The molecular formula is C25H34ClN3O5S2. The summed E-state index contributed by atoms with van der Waals surface area (Å²) < 4.78 is 37.5. The van der Waals surface area contributed by atoms with Crippen LogP contribution in [0.4, 0.5) is 0 Å². The Kier molecular flexibility index (Phi) is 10.6. The molecule has 198 valence electrons. The molecule has 1 atom stereocenters. The van der Waals surface area contributed by atoms with Crippen molar-refractivity contribution in [2.75, 3.05) is 13.2 Å². The molecule has 11 heteroatoms. The lowest BCUT2D eigenvalue weighted by Gasteiger charge is -2.11. The Balaban J connectivity index is 1.38. The van der Waals surface area contributed by atoms with Crippen LogP contribution in [0.1, 0.15) is 57.8 Å². The molecule has 1 aliphatic carbocycles. The van der Waals surface area contributed by atoms with E-state index in [2.05, 4.69) is 15.0 Å². The van der Waals surface area contributed by atoms with Gasteiger partial charge in [0.25, 0.3) is 5.19 Å². The second-order valence-corrected chi connectivity index (χ2v) is 12.9.